The standard InChI is InChI=1S/C23H23FN4O3/c1-5-31-22(30)15-11-28(21(29)14-6-7-16(24)13(2)10-14)12-23(3,4)17-18(15)27-20-19(17)25-8-9-26-20/h6-11H,5,12H2,1-4H3,(H,26,27). The Bertz CT molecular complexity index is 1230. The average Bonchev–Trinajstić information content (AvgIpc) is 3.07. The van der Waals surface area contributed by atoms with E-state index in [9.17, 15) is 14.0 Å². The molecule has 0 atom stereocenters. The minimum atomic E-state index is -0.570. The second-order valence-electron chi connectivity index (χ2n) is 8.17. The van der Waals surface area contributed by atoms with Crippen molar-refractivity contribution in [3.63, 3.8) is 0 Å². The van der Waals surface area contributed by atoms with Crippen LogP contribution in [0.25, 0.3) is 16.7 Å². The first kappa shape index (κ1) is 20.7. The molecule has 0 saturated carbocycles. The van der Waals surface area contributed by atoms with Crippen molar-refractivity contribution >= 4 is 28.6 Å². The van der Waals surface area contributed by atoms with Crippen molar-refractivity contribution in [1.82, 2.24) is 19.9 Å². The predicted octanol–water partition coefficient (Wildman–Crippen LogP) is 3.74. The zero-order valence-electron chi connectivity index (χ0n) is 17.8. The van der Waals surface area contributed by atoms with Gasteiger partial charge in [0.25, 0.3) is 5.91 Å². The van der Waals surface area contributed by atoms with Gasteiger partial charge in [-0.2, -0.15) is 0 Å². The van der Waals surface area contributed by atoms with Crippen LogP contribution in [0.5, 0.6) is 0 Å². The first-order valence-electron chi connectivity index (χ1n) is 10.0. The van der Waals surface area contributed by atoms with Crippen molar-refractivity contribution in [2.45, 2.75) is 33.1 Å². The largest absolute Gasteiger partial charge is 0.462 e. The van der Waals surface area contributed by atoms with Crippen molar-refractivity contribution < 1.29 is 18.7 Å². The van der Waals surface area contributed by atoms with E-state index in [1.54, 1.807) is 26.2 Å². The number of halogens is 1. The number of ether oxygens (including phenoxy) is 1. The number of carbonyl (C=O) groups is 2. The van der Waals surface area contributed by atoms with Gasteiger partial charge in [-0.1, -0.05) is 13.8 Å². The molecule has 8 heteroatoms. The molecule has 1 N–H and O–H groups in total. The monoisotopic (exact) mass is 422 g/mol. The van der Waals surface area contributed by atoms with Crippen LogP contribution in [0.15, 0.2) is 36.8 Å². The van der Waals surface area contributed by atoms with Crippen LogP contribution < -0.4 is 0 Å². The van der Waals surface area contributed by atoms with Gasteiger partial charge in [0.05, 0.1) is 17.9 Å². The van der Waals surface area contributed by atoms with Gasteiger partial charge in [0.2, 0.25) is 0 Å². The molecular formula is C23H23FN4O3. The molecule has 2 aromatic heterocycles. The summed E-state index contributed by atoms with van der Waals surface area (Å²) < 4.78 is 19.0. The number of esters is 1. The van der Waals surface area contributed by atoms with Gasteiger partial charge in [0.1, 0.15) is 11.3 Å². The SMILES string of the molecule is CCOC(=O)C1=CN(C(=O)c2ccc(F)c(C)c2)CC(C)(C)c2c1[nH]c1nccnc21. The third kappa shape index (κ3) is 3.58. The Morgan fingerprint density at radius 3 is 2.71 bits per heavy atom. The lowest BCUT2D eigenvalue weighted by Gasteiger charge is -2.29. The van der Waals surface area contributed by atoms with E-state index in [0.717, 1.165) is 5.56 Å². The highest BCUT2D eigenvalue weighted by molar-refractivity contribution is 6.18. The number of aryl methyl sites for hydroxylation is 1. The molecule has 4 rings (SSSR count). The lowest BCUT2D eigenvalue weighted by atomic mass is 9.83. The molecule has 3 heterocycles. The molecule has 0 radical (unpaired) electrons. The third-order valence-corrected chi connectivity index (χ3v) is 5.39. The minimum absolute atomic E-state index is 0.191. The number of hydrogen-bond acceptors (Lipinski definition) is 5. The van der Waals surface area contributed by atoms with Crippen molar-refractivity contribution in [3.8, 4) is 0 Å². The minimum Gasteiger partial charge on any atom is -0.462 e. The summed E-state index contributed by atoms with van der Waals surface area (Å²) in [5.74, 6) is -1.27. The zero-order chi connectivity index (χ0) is 22.3. The molecule has 1 amide bonds. The second kappa shape index (κ2) is 7.61. The van der Waals surface area contributed by atoms with E-state index in [2.05, 4.69) is 15.0 Å². The molecule has 31 heavy (non-hydrogen) atoms. The Morgan fingerprint density at radius 2 is 2.00 bits per heavy atom. The van der Waals surface area contributed by atoms with Crippen LogP contribution in [0.4, 0.5) is 4.39 Å². The highest BCUT2D eigenvalue weighted by Gasteiger charge is 2.38. The molecule has 0 saturated heterocycles. The molecule has 0 fully saturated rings. The zero-order valence-corrected chi connectivity index (χ0v) is 17.8. The fraction of sp³-hybridized carbons (Fsp3) is 0.304. The van der Waals surface area contributed by atoms with Crippen LogP contribution in [-0.4, -0.2) is 44.9 Å². The Kier molecular flexibility index (Phi) is 5.08. The second-order valence-corrected chi connectivity index (χ2v) is 8.17. The number of hydrogen-bond donors (Lipinski definition) is 1. The molecule has 0 spiro atoms. The number of aromatic nitrogens is 3. The normalized spacial score (nSPS) is 15.3. The van der Waals surface area contributed by atoms with Gasteiger partial charge < -0.3 is 14.6 Å². The molecule has 0 aliphatic carbocycles. The summed E-state index contributed by atoms with van der Waals surface area (Å²) >= 11 is 0. The van der Waals surface area contributed by atoms with Crippen LogP contribution in [0.3, 0.4) is 0 Å². The maximum absolute atomic E-state index is 13.7. The van der Waals surface area contributed by atoms with Crippen molar-refractivity contribution in [1.29, 1.82) is 0 Å². The molecule has 0 unspecified atom stereocenters. The smallest absolute Gasteiger partial charge is 0.341 e. The Balaban J connectivity index is 1.89. The van der Waals surface area contributed by atoms with Gasteiger partial charge in [0.15, 0.2) is 5.65 Å². The number of fused-ring (bicyclic) bond motifs is 3. The van der Waals surface area contributed by atoms with Crippen LogP contribution >= 0.6 is 0 Å². The molecule has 160 valence electrons. The average molecular weight is 422 g/mol. The number of amides is 1. The van der Waals surface area contributed by atoms with Crippen molar-refractivity contribution in [3.05, 3.63) is 65.0 Å². The molecular weight excluding hydrogens is 399 g/mol. The summed E-state index contributed by atoms with van der Waals surface area (Å²) in [4.78, 5) is 39.7. The van der Waals surface area contributed by atoms with Gasteiger partial charge in [0, 0.05) is 41.7 Å². The predicted molar refractivity (Wildman–Crippen MR) is 114 cm³/mol. The van der Waals surface area contributed by atoms with Crippen molar-refractivity contribution in [2.75, 3.05) is 13.2 Å². The van der Waals surface area contributed by atoms with Crippen LogP contribution in [0.1, 0.15) is 48.0 Å². The van der Waals surface area contributed by atoms with Crippen LogP contribution in [0, 0.1) is 12.7 Å². The first-order chi connectivity index (χ1) is 14.7. The number of rotatable bonds is 3. The number of carbonyl (C=O) groups excluding carboxylic acids is 2. The molecule has 1 aromatic carbocycles. The van der Waals surface area contributed by atoms with E-state index < -0.39 is 11.4 Å². The molecule has 1 aliphatic heterocycles. The van der Waals surface area contributed by atoms with E-state index in [4.69, 9.17) is 4.74 Å². The van der Waals surface area contributed by atoms with Gasteiger partial charge in [-0.25, -0.2) is 14.2 Å². The van der Waals surface area contributed by atoms with Gasteiger partial charge >= 0.3 is 5.97 Å². The third-order valence-electron chi connectivity index (χ3n) is 5.39. The fourth-order valence-electron chi connectivity index (χ4n) is 3.98. The van der Waals surface area contributed by atoms with E-state index in [-0.39, 0.29) is 30.4 Å². The quantitative estimate of drug-likeness (QED) is 0.650. The van der Waals surface area contributed by atoms with E-state index in [1.165, 1.54) is 29.3 Å². The lowest BCUT2D eigenvalue weighted by Crippen LogP contribution is -2.37. The summed E-state index contributed by atoms with van der Waals surface area (Å²) in [5.41, 5.74) is 2.89. The topological polar surface area (TPSA) is 88.2 Å². The van der Waals surface area contributed by atoms with Crippen LogP contribution in [0.2, 0.25) is 0 Å². The van der Waals surface area contributed by atoms with Crippen LogP contribution in [-0.2, 0) is 14.9 Å². The van der Waals surface area contributed by atoms with Gasteiger partial charge in [-0.3, -0.25) is 9.78 Å². The molecule has 0 bridgehead atoms. The summed E-state index contributed by atoms with van der Waals surface area (Å²) in [5, 5.41) is 0. The summed E-state index contributed by atoms with van der Waals surface area (Å²) in [6.07, 6.45) is 4.67. The maximum atomic E-state index is 13.7. The highest BCUT2D eigenvalue weighted by Crippen LogP contribution is 2.39. The summed E-state index contributed by atoms with van der Waals surface area (Å²) in [6.45, 7) is 7.75. The van der Waals surface area contributed by atoms with E-state index in [0.29, 0.717) is 28.0 Å². The first-order valence-corrected chi connectivity index (χ1v) is 10.0. The molecule has 3 aromatic rings. The highest BCUT2D eigenvalue weighted by atomic mass is 19.1. The van der Waals surface area contributed by atoms with Gasteiger partial charge in [-0.05, 0) is 37.6 Å². The Morgan fingerprint density at radius 1 is 1.26 bits per heavy atom. The lowest BCUT2D eigenvalue weighted by molar-refractivity contribution is -0.136. The van der Waals surface area contributed by atoms with Crippen molar-refractivity contribution in [2.24, 2.45) is 0 Å². The maximum Gasteiger partial charge on any atom is 0.341 e. The number of H-pyrrole nitrogens is 1. The number of nitrogens with zero attached hydrogens (tertiary/aromatic N) is 3. The number of aromatic amines is 1. The van der Waals surface area contributed by atoms with Gasteiger partial charge in [-0.15, -0.1) is 0 Å². The Hall–Kier alpha value is -3.55. The summed E-state index contributed by atoms with van der Waals surface area (Å²) in [7, 11) is 0. The summed E-state index contributed by atoms with van der Waals surface area (Å²) in [6, 6.07) is 4.22. The molecule has 7 nitrogen and oxygen atoms in total. The Labute approximate surface area is 178 Å². The molecule has 1 aliphatic rings. The number of benzene rings is 1. The van der Waals surface area contributed by atoms with E-state index >= 15 is 0 Å². The number of nitrogens with one attached hydrogen (secondary N) is 1. The fourth-order valence-corrected chi connectivity index (χ4v) is 3.98. The van der Waals surface area contributed by atoms with E-state index in [1.807, 2.05) is 13.8 Å².